The van der Waals surface area contributed by atoms with Gasteiger partial charge in [-0.1, -0.05) is 19.3 Å². The first-order valence-electron chi connectivity index (χ1n) is 6.44. The number of hydrogen-bond acceptors (Lipinski definition) is 3. The highest BCUT2D eigenvalue weighted by atomic mass is 16.2. The average Bonchev–Trinajstić information content (AvgIpc) is 2.92. The van der Waals surface area contributed by atoms with Gasteiger partial charge < -0.3 is 5.32 Å². The number of nitrogens with one attached hydrogen (secondary N) is 1. The fourth-order valence-electron chi connectivity index (χ4n) is 2.43. The molecule has 0 radical (unpaired) electrons. The van der Waals surface area contributed by atoms with Gasteiger partial charge >= 0.3 is 0 Å². The van der Waals surface area contributed by atoms with E-state index in [1.54, 1.807) is 10.9 Å². The van der Waals surface area contributed by atoms with Crippen molar-refractivity contribution in [3.63, 3.8) is 0 Å². The second kappa shape index (κ2) is 5.67. The zero-order chi connectivity index (χ0) is 12.8. The molecule has 1 amide bonds. The highest BCUT2D eigenvalue weighted by Gasteiger charge is 2.39. The number of amides is 1. The molecule has 1 heterocycles. The first kappa shape index (κ1) is 12.6. The minimum absolute atomic E-state index is 0.114. The number of hydrogen-bond donors (Lipinski definition) is 1. The summed E-state index contributed by atoms with van der Waals surface area (Å²) in [7, 11) is 0. The van der Waals surface area contributed by atoms with E-state index in [0.717, 1.165) is 19.3 Å². The Kier molecular flexibility index (Phi) is 3.98. The average molecular weight is 246 g/mol. The Hall–Kier alpha value is -1.83. The fourth-order valence-corrected chi connectivity index (χ4v) is 2.43. The third kappa shape index (κ3) is 2.70. The first-order valence-corrected chi connectivity index (χ1v) is 6.44. The molecule has 1 aliphatic rings. The van der Waals surface area contributed by atoms with E-state index in [4.69, 9.17) is 0 Å². The minimum atomic E-state index is -0.789. The molecule has 1 fully saturated rings. The summed E-state index contributed by atoms with van der Waals surface area (Å²) in [6.07, 6.45) is 8.02. The molecule has 0 spiro atoms. The Morgan fingerprint density at radius 2 is 2.22 bits per heavy atom. The largest absolute Gasteiger partial charge is 0.353 e. The van der Waals surface area contributed by atoms with Crippen LogP contribution < -0.4 is 5.32 Å². The van der Waals surface area contributed by atoms with Gasteiger partial charge in [0, 0.05) is 18.9 Å². The van der Waals surface area contributed by atoms with Gasteiger partial charge in [0.05, 0.1) is 12.6 Å². The number of rotatable bonds is 4. The molecular formula is C13H18N4O. The Balaban J connectivity index is 1.84. The Morgan fingerprint density at radius 3 is 2.83 bits per heavy atom. The van der Waals surface area contributed by atoms with Crippen molar-refractivity contribution in [1.82, 2.24) is 15.1 Å². The molecule has 0 aromatic carbocycles. The smallest absolute Gasteiger partial charge is 0.240 e. The van der Waals surface area contributed by atoms with Crippen LogP contribution in [0.5, 0.6) is 0 Å². The van der Waals surface area contributed by atoms with Crippen LogP contribution in [-0.4, -0.2) is 22.2 Å². The van der Waals surface area contributed by atoms with Gasteiger partial charge in [-0.3, -0.25) is 9.48 Å². The lowest BCUT2D eigenvalue weighted by atomic mass is 9.74. The van der Waals surface area contributed by atoms with E-state index < -0.39 is 5.41 Å². The van der Waals surface area contributed by atoms with Crippen molar-refractivity contribution in [1.29, 1.82) is 5.26 Å². The molecule has 1 aliphatic carbocycles. The summed E-state index contributed by atoms with van der Waals surface area (Å²) in [5.41, 5.74) is -0.789. The fraction of sp³-hybridized carbons (Fsp3) is 0.615. The highest BCUT2D eigenvalue weighted by molar-refractivity contribution is 5.85. The lowest BCUT2D eigenvalue weighted by molar-refractivity contribution is -0.129. The van der Waals surface area contributed by atoms with E-state index in [2.05, 4.69) is 16.5 Å². The molecular weight excluding hydrogens is 228 g/mol. The molecule has 1 aromatic heterocycles. The van der Waals surface area contributed by atoms with Crippen LogP contribution >= 0.6 is 0 Å². The van der Waals surface area contributed by atoms with Crippen LogP contribution in [0.1, 0.15) is 32.1 Å². The maximum absolute atomic E-state index is 12.1. The summed E-state index contributed by atoms with van der Waals surface area (Å²) in [5, 5.41) is 16.2. The Bertz CT molecular complexity index is 426. The zero-order valence-corrected chi connectivity index (χ0v) is 10.4. The molecule has 0 unspecified atom stereocenters. The molecule has 96 valence electrons. The molecule has 5 heteroatoms. The van der Waals surface area contributed by atoms with Gasteiger partial charge in [0.15, 0.2) is 0 Å². The third-order valence-electron chi connectivity index (χ3n) is 3.54. The maximum Gasteiger partial charge on any atom is 0.240 e. The van der Waals surface area contributed by atoms with Crippen LogP contribution in [0.4, 0.5) is 0 Å². The molecule has 1 saturated carbocycles. The summed E-state index contributed by atoms with van der Waals surface area (Å²) in [5.74, 6) is -0.114. The zero-order valence-electron chi connectivity index (χ0n) is 10.4. The molecule has 0 aliphatic heterocycles. The summed E-state index contributed by atoms with van der Waals surface area (Å²) < 4.78 is 1.76. The number of aromatic nitrogens is 2. The van der Waals surface area contributed by atoms with E-state index in [1.807, 2.05) is 12.3 Å². The second-order valence-electron chi connectivity index (χ2n) is 4.78. The topological polar surface area (TPSA) is 70.7 Å². The molecule has 1 aromatic rings. The predicted octanol–water partition coefficient (Wildman–Crippen LogP) is 1.47. The van der Waals surface area contributed by atoms with Crippen LogP contribution in [0.2, 0.25) is 0 Å². The van der Waals surface area contributed by atoms with Crippen molar-refractivity contribution in [3.05, 3.63) is 18.5 Å². The Morgan fingerprint density at radius 1 is 1.44 bits per heavy atom. The van der Waals surface area contributed by atoms with E-state index in [0.29, 0.717) is 25.9 Å². The van der Waals surface area contributed by atoms with E-state index >= 15 is 0 Å². The summed E-state index contributed by atoms with van der Waals surface area (Å²) in [4.78, 5) is 12.1. The predicted molar refractivity (Wildman–Crippen MR) is 66.4 cm³/mol. The van der Waals surface area contributed by atoms with Crippen molar-refractivity contribution < 1.29 is 4.79 Å². The van der Waals surface area contributed by atoms with Crippen molar-refractivity contribution in [3.8, 4) is 6.07 Å². The van der Waals surface area contributed by atoms with E-state index in [-0.39, 0.29) is 5.91 Å². The number of nitriles is 1. The second-order valence-corrected chi connectivity index (χ2v) is 4.78. The summed E-state index contributed by atoms with van der Waals surface area (Å²) in [6, 6.07) is 4.07. The van der Waals surface area contributed by atoms with Gasteiger partial charge in [-0.05, 0) is 18.9 Å². The lowest BCUT2D eigenvalue weighted by Crippen LogP contribution is -2.42. The molecule has 1 N–H and O–H groups in total. The van der Waals surface area contributed by atoms with Crippen LogP contribution in [0.15, 0.2) is 18.5 Å². The van der Waals surface area contributed by atoms with Gasteiger partial charge in [-0.15, -0.1) is 0 Å². The monoisotopic (exact) mass is 246 g/mol. The number of nitrogens with zero attached hydrogens (tertiary/aromatic N) is 3. The molecule has 0 saturated heterocycles. The summed E-state index contributed by atoms with van der Waals surface area (Å²) >= 11 is 0. The van der Waals surface area contributed by atoms with Gasteiger partial charge in [-0.25, -0.2) is 0 Å². The van der Waals surface area contributed by atoms with Gasteiger partial charge in [0.1, 0.15) is 5.41 Å². The highest BCUT2D eigenvalue weighted by Crippen LogP contribution is 2.35. The third-order valence-corrected chi connectivity index (χ3v) is 3.54. The summed E-state index contributed by atoms with van der Waals surface area (Å²) in [6.45, 7) is 1.16. The van der Waals surface area contributed by atoms with Crippen LogP contribution in [-0.2, 0) is 11.3 Å². The van der Waals surface area contributed by atoms with Crippen LogP contribution in [0.3, 0.4) is 0 Å². The van der Waals surface area contributed by atoms with Crippen LogP contribution in [0.25, 0.3) is 0 Å². The maximum atomic E-state index is 12.1. The molecule has 18 heavy (non-hydrogen) atoms. The molecule has 2 rings (SSSR count). The quantitative estimate of drug-likeness (QED) is 0.874. The molecule has 0 atom stereocenters. The number of carbonyl (C=O) groups is 1. The van der Waals surface area contributed by atoms with Gasteiger partial charge in [0.25, 0.3) is 0 Å². The standard InChI is InChI=1S/C13H18N4O/c14-11-13(5-2-1-3-6-13)12(18)15-8-10-17-9-4-7-16-17/h4,7,9H,1-3,5-6,8,10H2,(H,15,18). The van der Waals surface area contributed by atoms with Crippen molar-refractivity contribution in [2.45, 2.75) is 38.6 Å². The van der Waals surface area contributed by atoms with E-state index in [9.17, 15) is 10.1 Å². The van der Waals surface area contributed by atoms with Crippen molar-refractivity contribution in [2.24, 2.45) is 5.41 Å². The molecule has 0 bridgehead atoms. The SMILES string of the molecule is N#CC1(C(=O)NCCn2cccn2)CCCCC1. The minimum Gasteiger partial charge on any atom is -0.353 e. The van der Waals surface area contributed by atoms with Crippen molar-refractivity contribution >= 4 is 5.91 Å². The van der Waals surface area contributed by atoms with Crippen molar-refractivity contribution in [2.75, 3.05) is 6.54 Å². The lowest BCUT2D eigenvalue weighted by Gasteiger charge is -2.29. The van der Waals surface area contributed by atoms with E-state index in [1.165, 1.54) is 0 Å². The first-order chi connectivity index (χ1) is 8.77. The normalized spacial score (nSPS) is 17.9. The van der Waals surface area contributed by atoms with Gasteiger partial charge in [0.2, 0.25) is 5.91 Å². The van der Waals surface area contributed by atoms with Gasteiger partial charge in [-0.2, -0.15) is 10.4 Å². The number of carbonyl (C=O) groups excluding carboxylic acids is 1. The molecule has 5 nitrogen and oxygen atoms in total. The van der Waals surface area contributed by atoms with Crippen LogP contribution in [0, 0.1) is 16.7 Å². The Labute approximate surface area is 107 Å².